The van der Waals surface area contributed by atoms with Crippen molar-refractivity contribution >= 4 is 0 Å². The van der Waals surface area contributed by atoms with Crippen molar-refractivity contribution in [3.63, 3.8) is 0 Å². The van der Waals surface area contributed by atoms with Crippen LogP contribution in [0.1, 0.15) is 37.3 Å². The molecule has 0 aromatic heterocycles. The zero-order valence-corrected chi connectivity index (χ0v) is 13.4. The van der Waals surface area contributed by atoms with Gasteiger partial charge in [0.25, 0.3) is 0 Å². The predicted octanol–water partition coefficient (Wildman–Crippen LogP) is 2.76. The maximum absolute atomic E-state index is 6.04. The van der Waals surface area contributed by atoms with Crippen LogP contribution in [0.5, 0.6) is 5.75 Å². The molecule has 3 heteroatoms. The van der Waals surface area contributed by atoms with Gasteiger partial charge in [0, 0.05) is 19.0 Å². The fourth-order valence-corrected chi connectivity index (χ4v) is 3.54. The average molecular weight is 288 g/mol. The number of hydrogen-bond acceptors (Lipinski definition) is 3. The first-order valence-corrected chi connectivity index (χ1v) is 8.46. The molecule has 1 aromatic carbocycles. The van der Waals surface area contributed by atoms with Crippen LogP contribution in [-0.4, -0.2) is 43.2 Å². The van der Waals surface area contributed by atoms with Crippen molar-refractivity contribution in [2.24, 2.45) is 0 Å². The minimum Gasteiger partial charge on any atom is -0.488 e. The molecule has 0 aliphatic carbocycles. The summed E-state index contributed by atoms with van der Waals surface area (Å²) in [6.45, 7) is 9.14. The van der Waals surface area contributed by atoms with Crippen molar-refractivity contribution in [3.8, 4) is 5.75 Å². The maximum Gasteiger partial charge on any atom is 0.123 e. The van der Waals surface area contributed by atoms with Crippen molar-refractivity contribution in [1.82, 2.24) is 10.2 Å². The van der Waals surface area contributed by atoms with Crippen LogP contribution in [0.3, 0.4) is 0 Å². The normalized spacial score (nSPS) is 23.0. The summed E-state index contributed by atoms with van der Waals surface area (Å²) in [6.07, 6.45) is 5.19. The van der Waals surface area contributed by atoms with Crippen LogP contribution < -0.4 is 10.1 Å². The number of piperidine rings is 1. The van der Waals surface area contributed by atoms with E-state index in [9.17, 15) is 0 Å². The van der Waals surface area contributed by atoms with E-state index in [-0.39, 0.29) is 0 Å². The summed E-state index contributed by atoms with van der Waals surface area (Å²) in [7, 11) is 0. The number of benzene rings is 1. The van der Waals surface area contributed by atoms with Gasteiger partial charge in [0.1, 0.15) is 11.9 Å². The van der Waals surface area contributed by atoms with Crippen LogP contribution in [0.15, 0.2) is 18.2 Å². The fourth-order valence-electron chi connectivity index (χ4n) is 3.54. The number of rotatable bonds is 5. The fraction of sp³-hybridized carbons (Fsp3) is 0.667. The highest BCUT2D eigenvalue weighted by Crippen LogP contribution is 2.29. The van der Waals surface area contributed by atoms with Crippen LogP contribution >= 0.6 is 0 Å². The molecule has 1 unspecified atom stereocenters. The third-order valence-electron chi connectivity index (χ3n) is 4.72. The number of nitrogens with one attached hydrogen (secondary N) is 1. The molecule has 1 saturated heterocycles. The molecule has 0 bridgehead atoms. The van der Waals surface area contributed by atoms with E-state index in [4.69, 9.17) is 4.74 Å². The monoisotopic (exact) mass is 288 g/mol. The first-order valence-electron chi connectivity index (χ1n) is 8.46. The third-order valence-corrected chi connectivity index (χ3v) is 4.72. The molecule has 2 aliphatic rings. The summed E-state index contributed by atoms with van der Waals surface area (Å²) in [5, 5.41) is 3.72. The molecule has 3 nitrogen and oxygen atoms in total. The summed E-state index contributed by atoms with van der Waals surface area (Å²) in [5.41, 5.74) is 2.70. The number of likely N-dealkylation sites (tertiary alicyclic amines) is 1. The Morgan fingerprint density at radius 3 is 2.86 bits per heavy atom. The number of ether oxygens (including phenoxy) is 1. The van der Waals surface area contributed by atoms with Crippen LogP contribution in [0.4, 0.5) is 0 Å². The second-order valence-electron chi connectivity index (χ2n) is 6.58. The van der Waals surface area contributed by atoms with Gasteiger partial charge in [-0.05, 0) is 57.5 Å². The first kappa shape index (κ1) is 14.9. The topological polar surface area (TPSA) is 24.5 Å². The molecule has 3 rings (SSSR count). The third kappa shape index (κ3) is 3.78. The number of hydrogen-bond donors (Lipinski definition) is 1. The number of nitrogens with zero attached hydrogens (tertiary/aromatic N) is 1. The molecule has 1 fully saturated rings. The van der Waals surface area contributed by atoms with Crippen molar-refractivity contribution in [2.75, 3.05) is 26.2 Å². The lowest BCUT2D eigenvalue weighted by atomic mass is 10.0. The van der Waals surface area contributed by atoms with Crippen LogP contribution in [0.25, 0.3) is 0 Å². The highest BCUT2D eigenvalue weighted by Gasteiger charge is 2.24. The molecular weight excluding hydrogens is 260 g/mol. The van der Waals surface area contributed by atoms with Gasteiger partial charge in [-0.25, -0.2) is 0 Å². The Hall–Kier alpha value is -1.06. The van der Waals surface area contributed by atoms with E-state index >= 15 is 0 Å². The Labute approximate surface area is 128 Å². The molecule has 0 saturated carbocycles. The predicted molar refractivity (Wildman–Crippen MR) is 87.1 cm³/mol. The highest BCUT2D eigenvalue weighted by molar-refractivity contribution is 5.40. The lowest BCUT2D eigenvalue weighted by Gasteiger charge is -2.32. The molecule has 0 radical (unpaired) electrons. The Bertz CT molecular complexity index is 466. The van der Waals surface area contributed by atoms with Crippen molar-refractivity contribution in [2.45, 2.75) is 51.7 Å². The second-order valence-corrected chi connectivity index (χ2v) is 6.58. The molecular formula is C18H28N2O. The Morgan fingerprint density at radius 1 is 1.29 bits per heavy atom. The Kier molecular flexibility index (Phi) is 4.81. The Balaban J connectivity index is 1.41. The largest absolute Gasteiger partial charge is 0.488 e. The number of aryl methyl sites for hydroxylation is 1. The summed E-state index contributed by atoms with van der Waals surface area (Å²) >= 11 is 0. The minimum absolute atomic E-state index is 0.315. The zero-order chi connectivity index (χ0) is 14.7. The Morgan fingerprint density at radius 2 is 2.10 bits per heavy atom. The first-order chi connectivity index (χ1) is 10.2. The van der Waals surface area contributed by atoms with Gasteiger partial charge in [0.15, 0.2) is 0 Å². The molecule has 116 valence electrons. The number of fused-ring (bicyclic) bond motifs is 1. The minimum atomic E-state index is 0.315. The smallest absolute Gasteiger partial charge is 0.123 e. The van der Waals surface area contributed by atoms with Gasteiger partial charge in [-0.3, -0.25) is 0 Å². The van der Waals surface area contributed by atoms with Crippen LogP contribution in [-0.2, 0) is 6.42 Å². The van der Waals surface area contributed by atoms with Crippen molar-refractivity contribution in [1.29, 1.82) is 0 Å². The molecule has 2 heterocycles. The standard InChI is InChI=1S/C18H28N2O/c1-3-8-20-9-6-16(7-10-20)19-13-17-12-15-11-14(2)4-5-18(15)21-17/h4-5,11,16-17,19H,3,6-10,12-13H2,1-2H3. The van der Waals surface area contributed by atoms with Gasteiger partial charge in [-0.2, -0.15) is 0 Å². The lowest BCUT2D eigenvalue weighted by Crippen LogP contribution is -2.45. The molecule has 1 atom stereocenters. The van der Waals surface area contributed by atoms with E-state index < -0.39 is 0 Å². The van der Waals surface area contributed by atoms with Crippen molar-refractivity contribution < 1.29 is 4.74 Å². The molecule has 2 aliphatic heterocycles. The van der Waals surface area contributed by atoms with Gasteiger partial charge in [0.05, 0.1) is 0 Å². The van der Waals surface area contributed by atoms with Gasteiger partial charge >= 0.3 is 0 Å². The van der Waals surface area contributed by atoms with E-state index in [2.05, 4.69) is 42.3 Å². The molecule has 1 aromatic rings. The van der Waals surface area contributed by atoms with Gasteiger partial charge < -0.3 is 15.0 Å². The maximum atomic E-state index is 6.04. The van der Waals surface area contributed by atoms with Gasteiger partial charge in [-0.15, -0.1) is 0 Å². The van der Waals surface area contributed by atoms with Crippen LogP contribution in [0, 0.1) is 6.92 Å². The van der Waals surface area contributed by atoms with E-state index in [1.807, 2.05) is 0 Å². The molecule has 0 amide bonds. The van der Waals surface area contributed by atoms with E-state index in [0.717, 1.165) is 18.7 Å². The van der Waals surface area contributed by atoms with Crippen molar-refractivity contribution in [3.05, 3.63) is 29.3 Å². The van der Waals surface area contributed by atoms with Crippen LogP contribution in [0.2, 0.25) is 0 Å². The average Bonchev–Trinajstić information content (AvgIpc) is 2.89. The quantitative estimate of drug-likeness (QED) is 0.901. The van der Waals surface area contributed by atoms with E-state index in [1.165, 1.54) is 50.0 Å². The molecule has 0 spiro atoms. The SMILES string of the molecule is CCCN1CCC(NCC2Cc3cc(C)ccc3O2)CC1. The summed E-state index contributed by atoms with van der Waals surface area (Å²) in [4.78, 5) is 2.59. The lowest BCUT2D eigenvalue weighted by molar-refractivity contribution is 0.177. The van der Waals surface area contributed by atoms with E-state index in [0.29, 0.717) is 12.1 Å². The summed E-state index contributed by atoms with van der Waals surface area (Å²) in [5.74, 6) is 1.09. The zero-order valence-electron chi connectivity index (χ0n) is 13.4. The molecule has 21 heavy (non-hydrogen) atoms. The van der Waals surface area contributed by atoms with Gasteiger partial charge in [-0.1, -0.05) is 24.6 Å². The molecule has 1 N–H and O–H groups in total. The second kappa shape index (κ2) is 6.80. The summed E-state index contributed by atoms with van der Waals surface area (Å²) in [6, 6.07) is 7.19. The van der Waals surface area contributed by atoms with E-state index in [1.54, 1.807) is 0 Å². The summed E-state index contributed by atoms with van der Waals surface area (Å²) < 4.78 is 6.04. The van der Waals surface area contributed by atoms with Gasteiger partial charge in [0.2, 0.25) is 0 Å². The highest BCUT2D eigenvalue weighted by atomic mass is 16.5.